The molecule has 0 aliphatic carbocycles. The number of aromatic hydroxyl groups is 2. The van der Waals surface area contributed by atoms with Crippen LogP contribution in [0.5, 0.6) is 11.5 Å². The van der Waals surface area contributed by atoms with Crippen LogP contribution in [-0.4, -0.2) is 18.6 Å². The molecule has 6 N–H and O–H groups in total. The standard InChI is InChI=1S/C12H6F6N2O4S/c13-1-3(15)11(5(17)7(19)9(1)21)25(23,24)12-4(16)2(14)10(22)8(20)6(12)18/h21-22H,19-20H2. The highest BCUT2D eigenvalue weighted by Gasteiger charge is 2.39. The molecule has 0 aliphatic rings. The number of halogens is 6. The molecule has 0 atom stereocenters. The van der Waals surface area contributed by atoms with Crippen LogP contribution >= 0.6 is 0 Å². The topological polar surface area (TPSA) is 127 Å². The normalized spacial score (nSPS) is 11.8. The van der Waals surface area contributed by atoms with Crippen molar-refractivity contribution in [3.63, 3.8) is 0 Å². The van der Waals surface area contributed by atoms with Gasteiger partial charge in [0.05, 0.1) is 0 Å². The molecule has 6 nitrogen and oxygen atoms in total. The Morgan fingerprint density at radius 1 is 0.600 bits per heavy atom. The molecule has 2 aromatic rings. The Kier molecular flexibility index (Phi) is 4.16. The number of hydrogen-bond donors (Lipinski definition) is 4. The summed E-state index contributed by atoms with van der Waals surface area (Å²) in [5.41, 5.74) is 6.57. The second-order valence-electron chi connectivity index (χ2n) is 4.57. The van der Waals surface area contributed by atoms with Gasteiger partial charge >= 0.3 is 0 Å². The first kappa shape index (κ1) is 18.5. The predicted molar refractivity (Wildman–Crippen MR) is 70.2 cm³/mol. The van der Waals surface area contributed by atoms with E-state index in [9.17, 15) is 34.8 Å². The fraction of sp³-hybridized carbons (Fsp3) is 0. The lowest BCUT2D eigenvalue weighted by molar-refractivity contribution is 0.385. The maximum atomic E-state index is 13.9. The number of anilines is 2. The summed E-state index contributed by atoms with van der Waals surface area (Å²) in [5.74, 6) is -17.9. The van der Waals surface area contributed by atoms with Crippen molar-refractivity contribution in [3.8, 4) is 11.5 Å². The summed E-state index contributed by atoms with van der Waals surface area (Å²) in [4.78, 5) is -4.58. The highest BCUT2D eigenvalue weighted by Crippen LogP contribution is 2.41. The van der Waals surface area contributed by atoms with Gasteiger partial charge in [0.25, 0.3) is 0 Å². The first-order chi connectivity index (χ1) is 11.4. The van der Waals surface area contributed by atoms with Crippen molar-refractivity contribution in [3.05, 3.63) is 34.9 Å². The highest BCUT2D eigenvalue weighted by atomic mass is 32.2. The fourth-order valence-corrected chi connectivity index (χ4v) is 3.41. The van der Waals surface area contributed by atoms with Crippen LogP contribution in [0.1, 0.15) is 0 Å². The molecule has 25 heavy (non-hydrogen) atoms. The zero-order chi connectivity index (χ0) is 19.4. The van der Waals surface area contributed by atoms with Crippen molar-refractivity contribution >= 4 is 21.2 Å². The third-order valence-corrected chi connectivity index (χ3v) is 4.91. The van der Waals surface area contributed by atoms with E-state index in [1.165, 1.54) is 0 Å². The van der Waals surface area contributed by atoms with E-state index in [1.54, 1.807) is 0 Å². The van der Waals surface area contributed by atoms with Gasteiger partial charge in [-0.15, -0.1) is 0 Å². The highest BCUT2D eigenvalue weighted by molar-refractivity contribution is 7.91. The average Bonchev–Trinajstić information content (AvgIpc) is 2.54. The predicted octanol–water partition coefficient (Wildman–Crippen LogP) is 1.93. The number of benzene rings is 2. The van der Waals surface area contributed by atoms with Crippen LogP contribution in [-0.2, 0) is 9.84 Å². The Morgan fingerprint density at radius 2 is 0.880 bits per heavy atom. The zero-order valence-electron chi connectivity index (χ0n) is 11.5. The maximum absolute atomic E-state index is 13.9. The number of phenols is 2. The van der Waals surface area contributed by atoms with E-state index in [0.717, 1.165) is 0 Å². The SMILES string of the molecule is Nc1c(O)c(F)c(F)c(S(=O)(=O)c2c(F)c(N)c(O)c(F)c2F)c1F. The van der Waals surface area contributed by atoms with Crippen LogP contribution in [0.25, 0.3) is 0 Å². The summed E-state index contributed by atoms with van der Waals surface area (Å²) in [6, 6.07) is 0. The minimum Gasteiger partial charge on any atom is -0.503 e. The molecule has 0 aliphatic heterocycles. The monoisotopic (exact) mass is 388 g/mol. The van der Waals surface area contributed by atoms with Crippen molar-refractivity contribution < 1.29 is 45.0 Å². The van der Waals surface area contributed by atoms with Gasteiger partial charge in [0, 0.05) is 0 Å². The van der Waals surface area contributed by atoms with Crippen molar-refractivity contribution in [2.45, 2.75) is 9.79 Å². The third-order valence-electron chi connectivity index (χ3n) is 3.12. The number of sulfone groups is 1. The van der Waals surface area contributed by atoms with Crippen LogP contribution in [0, 0.1) is 34.9 Å². The van der Waals surface area contributed by atoms with E-state index in [-0.39, 0.29) is 0 Å². The molecule has 0 saturated carbocycles. The number of phenolic OH excluding ortho intramolecular Hbond substituents is 2. The van der Waals surface area contributed by atoms with Gasteiger partial charge in [-0.25, -0.2) is 26.0 Å². The van der Waals surface area contributed by atoms with Gasteiger partial charge in [-0.3, -0.25) is 0 Å². The third kappa shape index (κ3) is 2.38. The summed E-state index contributed by atoms with van der Waals surface area (Å²) in [6.07, 6.45) is 0. The number of nitrogens with two attached hydrogens (primary N) is 2. The smallest absolute Gasteiger partial charge is 0.218 e. The Balaban J connectivity index is 3.02. The molecule has 136 valence electrons. The number of nitrogen functional groups attached to an aromatic ring is 2. The number of rotatable bonds is 2. The second kappa shape index (κ2) is 5.61. The molecule has 0 bridgehead atoms. The molecule has 13 heteroatoms. The molecule has 2 rings (SSSR count). The molecule has 0 spiro atoms. The molecule has 0 fully saturated rings. The van der Waals surface area contributed by atoms with Gasteiger partial charge in [-0.05, 0) is 0 Å². The molecule has 2 aromatic carbocycles. The fourth-order valence-electron chi connectivity index (χ4n) is 1.86. The quantitative estimate of drug-likeness (QED) is 0.270. The Labute approximate surface area is 134 Å². The van der Waals surface area contributed by atoms with Gasteiger partial charge < -0.3 is 21.7 Å². The summed E-state index contributed by atoms with van der Waals surface area (Å²) < 4.78 is 107. The number of hydrogen-bond acceptors (Lipinski definition) is 6. The summed E-state index contributed by atoms with van der Waals surface area (Å²) in [5, 5.41) is 18.1. The van der Waals surface area contributed by atoms with Crippen molar-refractivity contribution in [1.82, 2.24) is 0 Å². The van der Waals surface area contributed by atoms with Crippen LogP contribution in [0.15, 0.2) is 9.79 Å². The van der Waals surface area contributed by atoms with E-state index in [4.69, 9.17) is 21.7 Å². The minimum atomic E-state index is -5.95. The molecule has 0 radical (unpaired) electrons. The largest absolute Gasteiger partial charge is 0.503 e. The Bertz CT molecular complexity index is 892. The van der Waals surface area contributed by atoms with Crippen LogP contribution in [0.3, 0.4) is 0 Å². The maximum Gasteiger partial charge on any atom is 0.218 e. The summed E-state index contributed by atoms with van der Waals surface area (Å²) in [7, 11) is -5.95. The summed E-state index contributed by atoms with van der Waals surface area (Å²) >= 11 is 0. The average molecular weight is 388 g/mol. The second-order valence-corrected chi connectivity index (χ2v) is 6.39. The van der Waals surface area contributed by atoms with Crippen LogP contribution in [0.2, 0.25) is 0 Å². The Hall–Kier alpha value is -2.83. The zero-order valence-corrected chi connectivity index (χ0v) is 12.4. The van der Waals surface area contributed by atoms with Gasteiger partial charge in [0.15, 0.2) is 34.8 Å². The van der Waals surface area contributed by atoms with Crippen LogP contribution in [0.4, 0.5) is 37.7 Å². The first-order valence-electron chi connectivity index (χ1n) is 5.90. The lowest BCUT2D eigenvalue weighted by Gasteiger charge is -2.14. The van der Waals surface area contributed by atoms with Crippen molar-refractivity contribution in [2.24, 2.45) is 0 Å². The molecule has 0 saturated heterocycles. The van der Waals surface area contributed by atoms with E-state index in [1.807, 2.05) is 0 Å². The van der Waals surface area contributed by atoms with Gasteiger partial charge in [-0.2, -0.15) is 8.78 Å². The van der Waals surface area contributed by atoms with E-state index >= 15 is 0 Å². The molecular formula is C12H6F6N2O4S. The van der Waals surface area contributed by atoms with Gasteiger partial charge in [0.2, 0.25) is 21.5 Å². The molecule has 0 heterocycles. The molecular weight excluding hydrogens is 382 g/mol. The summed E-state index contributed by atoms with van der Waals surface area (Å²) in [6.45, 7) is 0. The van der Waals surface area contributed by atoms with Gasteiger partial charge in [-0.1, -0.05) is 0 Å². The molecule has 0 aromatic heterocycles. The van der Waals surface area contributed by atoms with E-state index < -0.39 is 77.4 Å². The van der Waals surface area contributed by atoms with E-state index in [0.29, 0.717) is 0 Å². The first-order valence-corrected chi connectivity index (χ1v) is 7.38. The Morgan fingerprint density at radius 3 is 1.16 bits per heavy atom. The van der Waals surface area contributed by atoms with E-state index in [2.05, 4.69) is 0 Å². The van der Waals surface area contributed by atoms with Gasteiger partial charge in [0.1, 0.15) is 21.2 Å². The van der Waals surface area contributed by atoms with Crippen molar-refractivity contribution in [1.29, 1.82) is 0 Å². The van der Waals surface area contributed by atoms with Crippen molar-refractivity contribution in [2.75, 3.05) is 11.5 Å². The lowest BCUT2D eigenvalue weighted by Crippen LogP contribution is -2.16. The minimum absolute atomic E-state index is 1.58. The molecule has 0 unspecified atom stereocenters. The lowest BCUT2D eigenvalue weighted by atomic mass is 10.2. The van der Waals surface area contributed by atoms with Crippen LogP contribution < -0.4 is 11.5 Å². The molecule has 0 amide bonds.